The van der Waals surface area contributed by atoms with Crippen molar-refractivity contribution in [2.45, 2.75) is 76.2 Å². The van der Waals surface area contributed by atoms with Gasteiger partial charge in [-0.15, -0.1) is 0 Å². The third kappa shape index (κ3) is 9.47. The molecule has 1 fully saturated rings. The van der Waals surface area contributed by atoms with Crippen LogP contribution in [-0.2, 0) is 69.4 Å². The van der Waals surface area contributed by atoms with Gasteiger partial charge < -0.3 is 23.7 Å². The van der Waals surface area contributed by atoms with E-state index in [0.717, 1.165) is 46.2 Å². The summed E-state index contributed by atoms with van der Waals surface area (Å²) in [7, 11) is 0. The molecule has 5 atom stereocenters. The first-order valence-electron chi connectivity index (χ1n) is 19.4. The van der Waals surface area contributed by atoms with Crippen LogP contribution in [0.2, 0.25) is 5.02 Å². The number of rotatable bonds is 16. The van der Waals surface area contributed by atoms with Crippen molar-refractivity contribution < 1.29 is 28.1 Å². The first kappa shape index (κ1) is 38.2. The normalized spacial score (nSPS) is 20.3. The lowest BCUT2D eigenvalue weighted by molar-refractivity contribution is -0.275. The van der Waals surface area contributed by atoms with E-state index in [0.29, 0.717) is 36.8 Å². The van der Waals surface area contributed by atoms with E-state index < -0.39 is 36.3 Å². The first-order chi connectivity index (χ1) is 27.6. The Morgan fingerprint density at radius 3 is 1.59 bits per heavy atom. The maximum Gasteiger partial charge on any atom is 0.130 e. The van der Waals surface area contributed by atoms with Crippen molar-refractivity contribution in [3.05, 3.63) is 213 Å². The fraction of sp³-hybridized carbons (Fsp3) is 0.265. The largest absolute Gasteiger partial charge is 0.374 e. The summed E-state index contributed by atoms with van der Waals surface area (Å²) in [4.78, 5) is 0. The van der Waals surface area contributed by atoms with Crippen LogP contribution in [-0.4, -0.2) is 31.0 Å². The molecule has 0 radical (unpaired) electrons. The van der Waals surface area contributed by atoms with Crippen LogP contribution in [0.5, 0.6) is 0 Å². The van der Waals surface area contributed by atoms with Crippen molar-refractivity contribution >= 4 is 11.6 Å². The van der Waals surface area contributed by atoms with Gasteiger partial charge in [-0.2, -0.15) is 0 Å². The Kier molecular flexibility index (Phi) is 12.6. The van der Waals surface area contributed by atoms with E-state index in [1.165, 1.54) is 17.2 Å². The van der Waals surface area contributed by atoms with Gasteiger partial charge in [0.1, 0.15) is 36.3 Å². The highest BCUT2D eigenvalue weighted by Crippen LogP contribution is 2.41. The molecule has 1 aliphatic carbocycles. The summed E-state index contributed by atoms with van der Waals surface area (Å²) < 4.78 is 50.5. The van der Waals surface area contributed by atoms with Gasteiger partial charge in [-0.1, -0.05) is 151 Å². The summed E-state index contributed by atoms with van der Waals surface area (Å²) in [6.45, 7) is 1.41. The van der Waals surface area contributed by atoms with E-state index in [-0.39, 0.29) is 13.2 Å². The Labute approximate surface area is 333 Å². The molecule has 0 amide bonds. The minimum Gasteiger partial charge on any atom is -0.374 e. The fourth-order valence-electron chi connectivity index (χ4n) is 7.58. The molecule has 0 spiro atoms. The van der Waals surface area contributed by atoms with Crippen LogP contribution in [0.4, 0.5) is 4.39 Å². The Morgan fingerprint density at radius 2 is 1.05 bits per heavy atom. The predicted octanol–water partition coefficient (Wildman–Crippen LogP) is 10.6. The Morgan fingerprint density at radius 1 is 0.536 bits per heavy atom. The zero-order chi connectivity index (χ0) is 38.1. The minimum absolute atomic E-state index is 0.179. The number of benzene rings is 6. The predicted molar refractivity (Wildman–Crippen MR) is 217 cm³/mol. The van der Waals surface area contributed by atoms with E-state index in [4.69, 9.17) is 35.3 Å². The lowest BCUT2D eigenvalue weighted by atomic mass is 9.85. The van der Waals surface area contributed by atoms with Gasteiger partial charge in [0.15, 0.2) is 0 Å². The second kappa shape index (κ2) is 18.5. The summed E-state index contributed by atoms with van der Waals surface area (Å²) in [5.41, 5.74) is 9.07. The quantitative estimate of drug-likeness (QED) is 0.0981. The monoisotopic (exact) mass is 768 g/mol. The van der Waals surface area contributed by atoms with Crippen LogP contribution in [0.3, 0.4) is 0 Å². The number of fused-ring (bicyclic) bond motifs is 1. The summed E-state index contributed by atoms with van der Waals surface area (Å²) in [6, 6.07) is 49.8. The molecule has 0 unspecified atom stereocenters. The topological polar surface area (TPSA) is 46.2 Å². The average Bonchev–Trinajstić information content (AvgIpc) is 3.22. The third-order valence-corrected chi connectivity index (χ3v) is 11.0. The molecule has 0 N–H and O–H groups in total. The Hall–Kier alpha value is -4.66. The molecule has 0 saturated carbocycles. The van der Waals surface area contributed by atoms with Gasteiger partial charge in [0.2, 0.25) is 0 Å². The van der Waals surface area contributed by atoms with Crippen LogP contribution in [0, 0.1) is 5.82 Å². The van der Waals surface area contributed by atoms with Crippen LogP contribution in [0.25, 0.3) is 0 Å². The number of ether oxygens (including phenoxy) is 5. The molecule has 5 nitrogen and oxygen atoms in total. The minimum atomic E-state index is -0.880. The molecular weight excluding hydrogens is 723 g/mol. The van der Waals surface area contributed by atoms with Gasteiger partial charge in [0, 0.05) is 10.6 Å². The van der Waals surface area contributed by atoms with Crippen molar-refractivity contribution in [2.24, 2.45) is 0 Å². The van der Waals surface area contributed by atoms with Crippen molar-refractivity contribution in [3.63, 3.8) is 0 Å². The maximum absolute atomic E-state index is 16.5. The van der Waals surface area contributed by atoms with Crippen molar-refractivity contribution in [2.75, 3.05) is 6.61 Å². The number of hydrogen-bond acceptors (Lipinski definition) is 5. The summed E-state index contributed by atoms with van der Waals surface area (Å²) in [5.74, 6) is -0.469. The summed E-state index contributed by atoms with van der Waals surface area (Å²) in [6.07, 6.45) is -0.867. The van der Waals surface area contributed by atoms with Gasteiger partial charge >= 0.3 is 0 Å². The van der Waals surface area contributed by atoms with Crippen LogP contribution < -0.4 is 0 Å². The molecular formula is C49H46ClFO5. The maximum atomic E-state index is 16.5. The van der Waals surface area contributed by atoms with Crippen LogP contribution in [0.15, 0.2) is 152 Å². The molecule has 286 valence electrons. The smallest absolute Gasteiger partial charge is 0.130 e. The van der Waals surface area contributed by atoms with E-state index in [2.05, 4.69) is 18.2 Å². The van der Waals surface area contributed by atoms with E-state index in [9.17, 15) is 0 Å². The van der Waals surface area contributed by atoms with Gasteiger partial charge in [0.25, 0.3) is 0 Å². The van der Waals surface area contributed by atoms with Crippen molar-refractivity contribution in [3.8, 4) is 0 Å². The van der Waals surface area contributed by atoms with Gasteiger partial charge in [0.05, 0.1) is 33.0 Å². The Bertz CT molecular complexity index is 2150. The highest BCUT2D eigenvalue weighted by atomic mass is 35.5. The Balaban J connectivity index is 1.17. The third-order valence-electron chi connectivity index (χ3n) is 10.7. The molecule has 1 aliphatic heterocycles. The highest BCUT2D eigenvalue weighted by Gasteiger charge is 2.49. The highest BCUT2D eigenvalue weighted by molar-refractivity contribution is 6.31. The molecule has 7 heteroatoms. The molecule has 8 rings (SSSR count). The second-order valence-electron chi connectivity index (χ2n) is 14.6. The molecule has 6 aromatic carbocycles. The molecule has 1 heterocycles. The lowest BCUT2D eigenvalue weighted by Crippen LogP contribution is -2.58. The molecule has 0 bridgehead atoms. The summed E-state index contributed by atoms with van der Waals surface area (Å²) >= 11 is 6.80. The SMILES string of the molecule is Fc1cc(Cl)c(Cc2ccc3c(c2)CC3)cc1[C@@H]1O[C@H](COCc2ccccc2)[C@@H](OCc2ccccc2)[C@H](OCc2ccccc2)[C@H]1OCc1ccccc1. The van der Waals surface area contributed by atoms with Gasteiger partial charge in [-0.25, -0.2) is 4.39 Å². The standard InChI is InChI=1S/C49H46ClFO5/c50-43-28-44(51)42(27-41(43)26-38-21-22-39-23-24-40(39)25-38)46-48(54-31-36-17-9-3-10-18-36)49(55-32-37-19-11-4-12-20-37)47(53-30-35-15-7-2-8-16-35)45(56-46)33-52-29-34-13-5-1-6-14-34/h1-22,25,27-28,45-49H,23-24,26,29-33H2/t45-,46+,47-,48+,49+/m1/s1. The van der Waals surface area contributed by atoms with E-state index in [1.807, 2.05) is 127 Å². The van der Waals surface area contributed by atoms with E-state index in [1.54, 1.807) is 0 Å². The molecule has 56 heavy (non-hydrogen) atoms. The fourth-order valence-corrected chi connectivity index (χ4v) is 7.80. The molecule has 2 aliphatic rings. The van der Waals surface area contributed by atoms with Gasteiger partial charge in [-0.3, -0.25) is 0 Å². The number of aryl methyl sites for hydroxylation is 2. The zero-order valence-electron chi connectivity index (χ0n) is 31.3. The van der Waals surface area contributed by atoms with Crippen molar-refractivity contribution in [1.29, 1.82) is 0 Å². The first-order valence-corrected chi connectivity index (χ1v) is 19.8. The van der Waals surface area contributed by atoms with Gasteiger partial charge in [-0.05, 0) is 75.9 Å². The molecule has 0 aromatic heterocycles. The lowest BCUT2D eigenvalue weighted by Gasteiger charge is -2.46. The number of halogens is 2. The zero-order valence-corrected chi connectivity index (χ0v) is 32.0. The molecule has 6 aromatic rings. The summed E-state index contributed by atoms with van der Waals surface area (Å²) in [5, 5.41) is 0.371. The van der Waals surface area contributed by atoms with Crippen molar-refractivity contribution in [1.82, 2.24) is 0 Å². The van der Waals surface area contributed by atoms with Crippen LogP contribution in [0.1, 0.15) is 56.2 Å². The second-order valence-corrected chi connectivity index (χ2v) is 15.0. The number of hydrogen-bond donors (Lipinski definition) is 0. The van der Waals surface area contributed by atoms with E-state index >= 15 is 4.39 Å². The average molecular weight is 769 g/mol. The van der Waals surface area contributed by atoms with Crippen LogP contribution >= 0.6 is 11.6 Å². The molecule has 1 saturated heterocycles.